The zero-order valence-electron chi connectivity index (χ0n) is 6.70. The number of nitrogens with one attached hydrogen (secondary N) is 1. The van der Waals surface area contributed by atoms with Crippen LogP contribution >= 0.6 is 0 Å². The normalized spacial score (nSPS) is 19.4. The molecule has 4 heteroatoms. The van der Waals surface area contributed by atoms with Gasteiger partial charge in [-0.25, -0.2) is 0 Å². The highest BCUT2D eigenvalue weighted by atomic mass is 16.2. The first-order chi connectivity index (χ1) is 6.20. The molecule has 1 aromatic carbocycles. The standard InChI is InChI=1S/C9H7N2O2/c10-8(12)7-5-3-1-2-4-6(5)11-9(7)13/h2-4,7H,(H2,10,12)(H,11,13). The van der Waals surface area contributed by atoms with Crippen LogP contribution in [-0.4, -0.2) is 11.8 Å². The fraction of sp³-hybridized carbons (Fsp3) is 0.111. The highest BCUT2D eigenvalue weighted by molar-refractivity contribution is 6.15. The Morgan fingerprint density at radius 2 is 2.38 bits per heavy atom. The fourth-order valence-corrected chi connectivity index (χ4v) is 1.42. The molecule has 1 radical (unpaired) electrons. The van der Waals surface area contributed by atoms with E-state index in [4.69, 9.17) is 5.73 Å². The molecule has 13 heavy (non-hydrogen) atoms. The molecule has 2 amide bonds. The highest BCUT2D eigenvalue weighted by Gasteiger charge is 2.34. The third kappa shape index (κ3) is 1.07. The highest BCUT2D eigenvalue weighted by Crippen LogP contribution is 2.31. The number of fused-ring (bicyclic) bond motifs is 1. The Hall–Kier alpha value is -1.84. The lowest BCUT2D eigenvalue weighted by molar-refractivity contribution is -0.126. The summed E-state index contributed by atoms with van der Waals surface area (Å²) in [4.78, 5) is 22.2. The smallest absolute Gasteiger partial charge is 0.241 e. The van der Waals surface area contributed by atoms with Crippen molar-refractivity contribution in [3.63, 3.8) is 0 Å². The van der Waals surface area contributed by atoms with Gasteiger partial charge in [0.2, 0.25) is 11.8 Å². The van der Waals surface area contributed by atoms with Crippen LogP contribution in [0.5, 0.6) is 0 Å². The molecule has 0 bridgehead atoms. The SMILES string of the molecule is NC(=O)C1C(=O)Nc2cc[c]cc21. The Morgan fingerprint density at radius 1 is 1.62 bits per heavy atom. The van der Waals surface area contributed by atoms with Crippen LogP contribution < -0.4 is 11.1 Å². The average molecular weight is 175 g/mol. The maximum absolute atomic E-state index is 11.2. The molecule has 0 aliphatic carbocycles. The molecule has 2 rings (SSSR count). The first-order valence-corrected chi connectivity index (χ1v) is 3.80. The van der Waals surface area contributed by atoms with Crippen LogP contribution in [0, 0.1) is 6.07 Å². The lowest BCUT2D eigenvalue weighted by Gasteiger charge is -2.01. The van der Waals surface area contributed by atoms with E-state index in [1.807, 2.05) is 0 Å². The summed E-state index contributed by atoms with van der Waals surface area (Å²) >= 11 is 0. The van der Waals surface area contributed by atoms with Crippen molar-refractivity contribution >= 4 is 17.5 Å². The van der Waals surface area contributed by atoms with E-state index in [0.717, 1.165) is 0 Å². The molecule has 0 saturated heterocycles. The third-order valence-corrected chi connectivity index (χ3v) is 2.01. The third-order valence-electron chi connectivity index (χ3n) is 2.01. The van der Waals surface area contributed by atoms with Gasteiger partial charge in [0.25, 0.3) is 0 Å². The van der Waals surface area contributed by atoms with Crippen LogP contribution in [0.2, 0.25) is 0 Å². The van der Waals surface area contributed by atoms with E-state index < -0.39 is 11.8 Å². The predicted molar refractivity (Wildman–Crippen MR) is 45.8 cm³/mol. The van der Waals surface area contributed by atoms with Crippen molar-refractivity contribution in [3.8, 4) is 0 Å². The molecule has 3 N–H and O–H groups in total. The fourth-order valence-electron chi connectivity index (χ4n) is 1.42. The molecule has 0 saturated carbocycles. The van der Waals surface area contributed by atoms with Gasteiger partial charge >= 0.3 is 0 Å². The van der Waals surface area contributed by atoms with E-state index in [-0.39, 0.29) is 5.91 Å². The Morgan fingerprint density at radius 3 is 3.08 bits per heavy atom. The summed E-state index contributed by atoms with van der Waals surface area (Å²) in [6.45, 7) is 0. The van der Waals surface area contributed by atoms with Crippen LogP contribution in [0.3, 0.4) is 0 Å². The maximum Gasteiger partial charge on any atom is 0.241 e. The van der Waals surface area contributed by atoms with Gasteiger partial charge in [0.05, 0.1) is 0 Å². The van der Waals surface area contributed by atoms with Crippen molar-refractivity contribution in [3.05, 3.63) is 29.8 Å². The second kappa shape index (κ2) is 2.58. The maximum atomic E-state index is 11.2. The van der Waals surface area contributed by atoms with Crippen LogP contribution in [0.25, 0.3) is 0 Å². The Labute approximate surface area is 74.7 Å². The molecule has 1 aliphatic rings. The van der Waals surface area contributed by atoms with Gasteiger partial charge in [0.15, 0.2) is 0 Å². The Kier molecular flexibility index (Phi) is 1.55. The zero-order valence-corrected chi connectivity index (χ0v) is 6.70. The van der Waals surface area contributed by atoms with Crippen molar-refractivity contribution in [2.24, 2.45) is 5.73 Å². The van der Waals surface area contributed by atoms with Gasteiger partial charge in [0.1, 0.15) is 5.92 Å². The van der Waals surface area contributed by atoms with Crippen molar-refractivity contribution in [1.82, 2.24) is 0 Å². The summed E-state index contributed by atoms with van der Waals surface area (Å²) in [5.41, 5.74) is 6.35. The van der Waals surface area contributed by atoms with Gasteiger partial charge in [0, 0.05) is 5.69 Å². The molecule has 1 atom stereocenters. The second-order valence-electron chi connectivity index (χ2n) is 2.84. The number of primary amides is 1. The number of carbonyl (C=O) groups excluding carboxylic acids is 2. The lowest BCUT2D eigenvalue weighted by atomic mass is 10.0. The largest absolute Gasteiger partial charge is 0.369 e. The summed E-state index contributed by atoms with van der Waals surface area (Å²) in [6.07, 6.45) is 0. The zero-order chi connectivity index (χ0) is 9.42. The van der Waals surface area contributed by atoms with E-state index >= 15 is 0 Å². The molecule has 1 heterocycles. The molecule has 0 fully saturated rings. The lowest BCUT2D eigenvalue weighted by Crippen LogP contribution is -2.27. The van der Waals surface area contributed by atoms with Gasteiger partial charge in [-0.3, -0.25) is 9.59 Å². The minimum Gasteiger partial charge on any atom is -0.369 e. The number of nitrogens with two attached hydrogens (primary N) is 1. The molecule has 1 aromatic rings. The summed E-state index contributed by atoms with van der Waals surface area (Å²) in [5, 5.41) is 2.57. The second-order valence-corrected chi connectivity index (χ2v) is 2.84. The van der Waals surface area contributed by atoms with E-state index in [2.05, 4.69) is 11.4 Å². The quantitative estimate of drug-likeness (QED) is 0.590. The van der Waals surface area contributed by atoms with Crippen LogP contribution in [-0.2, 0) is 9.59 Å². The van der Waals surface area contributed by atoms with E-state index in [1.165, 1.54) is 0 Å². The predicted octanol–water partition coefficient (Wildman–Crippen LogP) is 0.00779. The molecule has 0 aromatic heterocycles. The summed E-state index contributed by atoms with van der Waals surface area (Å²) in [6, 6.07) is 7.76. The van der Waals surface area contributed by atoms with Gasteiger partial charge in [-0.1, -0.05) is 6.07 Å². The number of carbonyl (C=O) groups is 2. The minimum atomic E-state index is -0.854. The average Bonchev–Trinajstić information content (AvgIpc) is 2.39. The summed E-state index contributed by atoms with van der Waals surface area (Å²) in [7, 11) is 0. The monoisotopic (exact) mass is 175 g/mol. The van der Waals surface area contributed by atoms with Crippen molar-refractivity contribution in [2.45, 2.75) is 5.92 Å². The van der Waals surface area contributed by atoms with Crippen LogP contribution in [0.15, 0.2) is 18.2 Å². The van der Waals surface area contributed by atoms with Crippen molar-refractivity contribution in [1.29, 1.82) is 0 Å². The first-order valence-electron chi connectivity index (χ1n) is 3.80. The number of hydrogen-bond acceptors (Lipinski definition) is 2. The van der Waals surface area contributed by atoms with Gasteiger partial charge in [-0.2, -0.15) is 0 Å². The van der Waals surface area contributed by atoms with Crippen molar-refractivity contribution in [2.75, 3.05) is 5.32 Å². The number of anilines is 1. The molecular formula is C9H7N2O2. The molecule has 4 nitrogen and oxygen atoms in total. The molecule has 0 spiro atoms. The van der Waals surface area contributed by atoms with Crippen LogP contribution in [0.4, 0.5) is 5.69 Å². The van der Waals surface area contributed by atoms with Gasteiger partial charge in [-0.15, -0.1) is 0 Å². The number of rotatable bonds is 1. The number of amides is 2. The van der Waals surface area contributed by atoms with Gasteiger partial charge < -0.3 is 11.1 Å². The first kappa shape index (κ1) is 7.79. The minimum absolute atomic E-state index is 0.359. The number of hydrogen-bond donors (Lipinski definition) is 2. The van der Waals surface area contributed by atoms with E-state index in [1.54, 1.807) is 18.2 Å². The summed E-state index contributed by atoms with van der Waals surface area (Å²) in [5.74, 6) is -1.84. The Bertz CT molecular complexity index is 387. The van der Waals surface area contributed by atoms with Crippen molar-refractivity contribution < 1.29 is 9.59 Å². The topological polar surface area (TPSA) is 72.2 Å². The van der Waals surface area contributed by atoms with E-state index in [0.29, 0.717) is 11.3 Å². The number of benzene rings is 1. The summed E-state index contributed by atoms with van der Waals surface area (Å²) < 4.78 is 0. The molecule has 1 unspecified atom stereocenters. The Balaban J connectivity index is 2.52. The van der Waals surface area contributed by atoms with E-state index in [9.17, 15) is 9.59 Å². The molecule has 65 valence electrons. The molecule has 1 aliphatic heterocycles. The molecular weight excluding hydrogens is 168 g/mol. The van der Waals surface area contributed by atoms with Gasteiger partial charge in [-0.05, 0) is 23.8 Å². The van der Waals surface area contributed by atoms with Crippen LogP contribution in [0.1, 0.15) is 11.5 Å².